The summed E-state index contributed by atoms with van der Waals surface area (Å²) in [5, 5.41) is 3.42. The molecule has 0 unspecified atom stereocenters. The van der Waals surface area contributed by atoms with Gasteiger partial charge in [0.05, 0.1) is 0 Å². The summed E-state index contributed by atoms with van der Waals surface area (Å²) in [4.78, 5) is 0. The molecule has 96 valence electrons. The molecule has 0 saturated heterocycles. The normalized spacial score (nSPS) is 10.2. The van der Waals surface area contributed by atoms with Gasteiger partial charge in [-0.25, -0.2) is 0 Å². The maximum atomic E-state index is 3.42. The number of halogens is 1. The second kappa shape index (κ2) is 7.20. The molecule has 0 atom stereocenters. The maximum absolute atomic E-state index is 3.42. The Kier molecular flexibility index (Phi) is 5.90. The molecule has 0 aliphatic heterocycles. The third-order valence-corrected chi connectivity index (χ3v) is 2.78. The molecule has 0 saturated carbocycles. The Hall–Kier alpha value is -1.31. The van der Waals surface area contributed by atoms with Gasteiger partial charge in [0.2, 0.25) is 0 Å². The first-order valence-corrected chi connectivity index (χ1v) is 6.13. The van der Waals surface area contributed by atoms with Gasteiger partial charge in [0.15, 0.2) is 0 Å². The summed E-state index contributed by atoms with van der Waals surface area (Å²) in [6.07, 6.45) is 0. The maximum Gasteiger partial charge on any atom is 0.0207 e. The minimum absolute atomic E-state index is 0. The van der Waals surface area contributed by atoms with Crippen molar-refractivity contribution in [3.8, 4) is 11.1 Å². The molecule has 2 aromatic rings. The molecule has 0 bridgehead atoms. The highest BCUT2D eigenvalue weighted by molar-refractivity contribution is 5.85. The van der Waals surface area contributed by atoms with Crippen LogP contribution >= 0.6 is 12.4 Å². The van der Waals surface area contributed by atoms with Crippen LogP contribution in [0.25, 0.3) is 11.1 Å². The number of hydrogen-bond acceptors (Lipinski definition) is 1. The van der Waals surface area contributed by atoms with Crippen LogP contribution in [0, 0.1) is 0 Å². The average molecular weight is 262 g/mol. The number of rotatable bonds is 4. The van der Waals surface area contributed by atoms with Crippen molar-refractivity contribution in [2.45, 2.75) is 26.4 Å². The lowest BCUT2D eigenvalue weighted by molar-refractivity contribution is 0.589. The van der Waals surface area contributed by atoms with Crippen molar-refractivity contribution in [1.82, 2.24) is 5.32 Å². The molecule has 0 aliphatic carbocycles. The summed E-state index contributed by atoms with van der Waals surface area (Å²) in [6.45, 7) is 5.27. The predicted molar refractivity (Wildman–Crippen MR) is 81.1 cm³/mol. The lowest BCUT2D eigenvalue weighted by Crippen LogP contribution is -2.21. The van der Waals surface area contributed by atoms with E-state index in [0.29, 0.717) is 6.04 Å². The molecule has 18 heavy (non-hydrogen) atoms. The molecular weight excluding hydrogens is 242 g/mol. The van der Waals surface area contributed by atoms with Gasteiger partial charge in [-0.1, -0.05) is 68.4 Å². The van der Waals surface area contributed by atoms with Crippen LogP contribution in [0.4, 0.5) is 0 Å². The largest absolute Gasteiger partial charge is 0.310 e. The van der Waals surface area contributed by atoms with Crippen molar-refractivity contribution in [2.75, 3.05) is 0 Å². The Labute approximate surface area is 116 Å². The van der Waals surface area contributed by atoms with Gasteiger partial charge < -0.3 is 5.32 Å². The van der Waals surface area contributed by atoms with E-state index in [2.05, 4.69) is 67.7 Å². The minimum atomic E-state index is 0. The molecule has 1 nitrogen and oxygen atoms in total. The van der Waals surface area contributed by atoms with Gasteiger partial charge in [0.25, 0.3) is 0 Å². The zero-order chi connectivity index (χ0) is 12.1. The van der Waals surface area contributed by atoms with Gasteiger partial charge in [-0.05, 0) is 16.7 Å². The van der Waals surface area contributed by atoms with E-state index in [-0.39, 0.29) is 12.4 Å². The molecule has 0 heterocycles. The van der Waals surface area contributed by atoms with Gasteiger partial charge >= 0.3 is 0 Å². The Morgan fingerprint density at radius 1 is 0.833 bits per heavy atom. The highest BCUT2D eigenvalue weighted by Gasteiger charge is 1.98. The van der Waals surface area contributed by atoms with Crippen molar-refractivity contribution in [3.63, 3.8) is 0 Å². The van der Waals surface area contributed by atoms with Crippen LogP contribution in [0.15, 0.2) is 54.6 Å². The summed E-state index contributed by atoms with van der Waals surface area (Å²) in [5.41, 5.74) is 3.88. The summed E-state index contributed by atoms with van der Waals surface area (Å²) in [5.74, 6) is 0. The van der Waals surface area contributed by atoms with Gasteiger partial charge in [-0.3, -0.25) is 0 Å². The van der Waals surface area contributed by atoms with Gasteiger partial charge in [0, 0.05) is 12.6 Å². The van der Waals surface area contributed by atoms with E-state index in [1.807, 2.05) is 6.07 Å². The van der Waals surface area contributed by atoms with Crippen LogP contribution in [-0.4, -0.2) is 6.04 Å². The lowest BCUT2D eigenvalue weighted by atomic mass is 10.0. The Bertz CT molecular complexity index is 448. The van der Waals surface area contributed by atoms with E-state index in [1.54, 1.807) is 0 Å². The first-order valence-electron chi connectivity index (χ1n) is 6.13. The van der Waals surface area contributed by atoms with Crippen molar-refractivity contribution in [2.24, 2.45) is 0 Å². The Morgan fingerprint density at radius 2 is 1.39 bits per heavy atom. The van der Waals surface area contributed by atoms with Crippen molar-refractivity contribution in [1.29, 1.82) is 0 Å². The summed E-state index contributed by atoms with van der Waals surface area (Å²) in [6, 6.07) is 19.8. The van der Waals surface area contributed by atoms with Crippen LogP contribution in [0.3, 0.4) is 0 Å². The second-order valence-electron chi connectivity index (χ2n) is 4.60. The molecule has 0 spiro atoms. The van der Waals surface area contributed by atoms with Crippen LogP contribution in [0.1, 0.15) is 19.4 Å². The Balaban J connectivity index is 0.00000162. The van der Waals surface area contributed by atoms with Crippen LogP contribution in [0.5, 0.6) is 0 Å². The average Bonchev–Trinajstić information content (AvgIpc) is 2.38. The third kappa shape index (κ3) is 4.17. The van der Waals surface area contributed by atoms with E-state index in [9.17, 15) is 0 Å². The highest BCUT2D eigenvalue weighted by Crippen LogP contribution is 2.19. The van der Waals surface area contributed by atoms with Crippen LogP contribution < -0.4 is 5.32 Å². The molecule has 2 aromatic carbocycles. The number of benzene rings is 2. The zero-order valence-corrected chi connectivity index (χ0v) is 11.7. The first kappa shape index (κ1) is 14.7. The summed E-state index contributed by atoms with van der Waals surface area (Å²) in [7, 11) is 0. The van der Waals surface area contributed by atoms with E-state index in [4.69, 9.17) is 0 Å². The Morgan fingerprint density at radius 3 is 1.94 bits per heavy atom. The summed E-state index contributed by atoms with van der Waals surface area (Å²) >= 11 is 0. The summed E-state index contributed by atoms with van der Waals surface area (Å²) < 4.78 is 0. The van der Waals surface area contributed by atoms with E-state index >= 15 is 0 Å². The molecule has 0 aliphatic rings. The lowest BCUT2D eigenvalue weighted by Gasteiger charge is -2.08. The third-order valence-electron chi connectivity index (χ3n) is 2.78. The van der Waals surface area contributed by atoms with Crippen molar-refractivity contribution >= 4 is 12.4 Å². The second-order valence-corrected chi connectivity index (χ2v) is 4.60. The van der Waals surface area contributed by atoms with E-state index < -0.39 is 0 Å². The smallest absolute Gasteiger partial charge is 0.0207 e. The fourth-order valence-corrected chi connectivity index (χ4v) is 1.77. The van der Waals surface area contributed by atoms with Gasteiger partial charge in [-0.2, -0.15) is 0 Å². The fraction of sp³-hybridized carbons (Fsp3) is 0.250. The zero-order valence-electron chi connectivity index (χ0n) is 10.9. The molecule has 0 fully saturated rings. The van der Waals surface area contributed by atoms with Gasteiger partial charge in [0.1, 0.15) is 0 Å². The number of hydrogen-bond donors (Lipinski definition) is 1. The minimum Gasteiger partial charge on any atom is -0.310 e. The fourth-order valence-electron chi connectivity index (χ4n) is 1.77. The molecule has 0 amide bonds. The van der Waals surface area contributed by atoms with Crippen LogP contribution in [-0.2, 0) is 6.54 Å². The van der Waals surface area contributed by atoms with E-state index in [1.165, 1.54) is 16.7 Å². The quantitative estimate of drug-likeness (QED) is 0.867. The molecule has 0 radical (unpaired) electrons. The predicted octanol–water partition coefficient (Wildman–Crippen LogP) is 4.27. The van der Waals surface area contributed by atoms with Crippen molar-refractivity contribution in [3.05, 3.63) is 60.2 Å². The molecule has 2 rings (SSSR count). The molecule has 1 N–H and O–H groups in total. The number of nitrogens with one attached hydrogen (secondary N) is 1. The van der Waals surface area contributed by atoms with Crippen molar-refractivity contribution < 1.29 is 0 Å². The molecular formula is C16H20ClN. The topological polar surface area (TPSA) is 12.0 Å². The monoisotopic (exact) mass is 261 g/mol. The highest BCUT2D eigenvalue weighted by atomic mass is 35.5. The SMILES string of the molecule is CC(C)NCc1ccc(-c2ccccc2)cc1.Cl. The first-order chi connectivity index (χ1) is 8.25. The standard InChI is InChI=1S/C16H19N.ClH/c1-13(2)17-12-14-8-10-16(11-9-14)15-6-4-3-5-7-15;/h3-11,13,17H,12H2,1-2H3;1H. The van der Waals surface area contributed by atoms with E-state index in [0.717, 1.165) is 6.54 Å². The van der Waals surface area contributed by atoms with Crippen LogP contribution in [0.2, 0.25) is 0 Å². The van der Waals surface area contributed by atoms with Gasteiger partial charge in [-0.15, -0.1) is 12.4 Å². The molecule has 2 heteroatoms. The molecule has 0 aromatic heterocycles.